The second-order valence-corrected chi connectivity index (χ2v) is 11.1. The number of pyridine rings is 1. The number of hydrogen-bond acceptors (Lipinski definition) is 8. The monoisotopic (exact) mass is 550 g/mol. The van der Waals surface area contributed by atoms with Gasteiger partial charge in [0, 0.05) is 45.9 Å². The second-order valence-electron chi connectivity index (χ2n) is 8.25. The smallest absolute Gasteiger partial charge is 0.408 e. The van der Waals surface area contributed by atoms with E-state index in [2.05, 4.69) is 15.6 Å². The predicted octanol–water partition coefficient (Wildman–Crippen LogP) is 4.53. The van der Waals surface area contributed by atoms with Gasteiger partial charge in [-0.25, -0.2) is 9.59 Å². The Hall–Kier alpha value is -2.63. The van der Waals surface area contributed by atoms with Crippen LogP contribution in [0.15, 0.2) is 41.7 Å². The average molecular weight is 551 g/mol. The summed E-state index contributed by atoms with van der Waals surface area (Å²) in [5.41, 5.74) is 2.19. The Balaban J connectivity index is 1.41. The van der Waals surface area contributed by atoms with Crippen LogP contribution >= 0.6 is 35.1 Å². The number of ether oxygens (including phenoxy) is 1. The standard InChI is InChI=1S/C24H27ClN4O5S2/c1-2-3-9-34-24(33)28-22-16(21(23(31)32)29-19(30)12-20(29)36-22)13-35-10-8-27-17-6-7-26-18-11-14(25)4-5-15(17)18/h4-7,11,20,22H,2-3,8-10,12-13H2,1H3,(H,26,27)(H,28,33)(H,31,32). The number of β-lactam (4-membered cyclic amide) rings is 1. The van der Waals surface area contributed by atoms with Gasteiger partial charge in [0.25, 0.3) is 0 Å². The summed E-state index contributed by atoms with van der Waals surface area (Å²) in [5, 5.41) is 16.8. The summed E-state index contributed by atoms with van der Waals surface area (Å²) in [6.07, 6.45) is 3.03. The van der Waals surface area contributed by atoms with Gasteiger partial charge in [0.05, 0.1) is 23.9 Å². The number of amides is 2. The number of carboxylic acid groups (broad SMARTS) is 1. The molecular formula is C24H27ClN4O5S2. The van der Waals surface area contributed by atoms with Crippen molar-refractivity contribution in [1.82, 2.24) is 15.2 Å². The molecule has 2 amide bonds. The molecule has 0 saturated carbocycles. The first kappa shape index (κ1) is 26.4. The fourth-order valence-corrected chi connectivity index (χ4v) is 6.57. The normalized spacial score (nSPS) is 19.1. The van der Waals surface area contributed by atoms with Crippen LogP contribution in [0.2, 0.25) is 5.02 Å². The van der Waals surface area contributed by atoms with Crippen LogP contribution in [-0.4, -0.2) is 68.4 Å². The first-order chi connectivity index (χ1) is 17.4. The molecule has 0 radical (unpaired) electrons. The summed E-state index contributed by atoms with van der Waals surface area (Å²) in [7, 11) is 0. The van der Waals surface area contributed by atoms with E-state index in [1.54, 1.807) is 6.20 Å². The molecule has 2 aliphatic rings. The van der Waals surface area contributed by atoms with Crippen molar-refractivity contribution in [2.24, 2.45) is 0 Å². The molecule has 9 nitrogen and oxygen atoms in total. The zero-order valence-corrected chi connectivity index (χ0v) is 22.0. The van der Waals surface area contributed by atoms with Crippen LogP contribution in [0.25, 0.3) is 10.9 Å². The van der Waals surface area contributed by atoms with E-state index in [9.17, 15) is 19.5 Å². The van der Waals surface area contributed by atoms with Crippen molar-refractivity contribution < 1.29 is 24.2 Å². The number of halogens is 1. The summed E-state index contributed by atoms with van der Waals surface area (Å²) in [6.45, 7) is 2.92. The lowest BCUT2D eigenvalue weighted by molar-refractivity contribution is -0.146. The fourth-order valence-electron chi connectivity index (χ4n) is 3.96. The quantitative estimate of drug-likeness (QED) is 0.273. The van der Waals surface area contributed by atoms with Crippen molar-refractivity contribution in [1.29, 1.82) is 0 Å². The van der Waals surface area contributed by atoms with E-state index in [1.807, 2.05) is 31.2 Å². The molecule has 2 aromatic rings. The number of rotatable bonds is 11. The molecule has 12 heteroatoms. The minimum atomic E-state index is -1.17. The predicted molar refractivity (Wildman–Crippen MR) is 143 cm³/mol. The van der Waals surface area contributed by atoms with Crippen molar-refractivity contribution in [3.63, 3.8) is 0 Å². The van der Waals surface area contributed by atoms with Gasteiger partial charge in [0.1, 0.15) is 11.1 Å². The van der Waals surface area contributed by atoms with Crippen molar-refractivity contribution in [3.05, 3.63) is 46.8 Å². The number of fused-ring (bicyclic) bond motifs is 2. The number of aromatic nitrogens is 1. The summed E-state index contributed by atoms with van der Waals surface area (Å²) >= 11 is 8.96. The third-order valence-electron chi connectivity index (χ3n) is 5.77. The number of benzene rings is 1. The van der Waals surface area contributed by atoms with Crippen molar-refractivity contribution in [2.45, 2.75) is 36.9 Å². The number of anilines is 1. The molecule has 1 fully saturated rings. The molecule has 192 valence electrons. The summed E-state index contributed by atoms with van der Waals surface area (Å²) in [5.74, 6) is -0.374. The third-order valence-corrected chi connectivity index (χ3v) is 8.38. The zero-order valence-electron chi connectivity index (χ0n) is 19.7. The van der Waals surface area contributed by atoms with Crippen LogP contribution < -0.4 is 10.6 Å². The van der Waals surface area contributed by atoms with E-state index in [0.29, 0.717) is 35.3 Å². The molecule has 1 aromatic carbocycles. The topological polar surface area (TPSA) is 121 Å². The Morgan fingerprint density at radius 1 is 1.36 bits per heavy atom. The number of nitrogens with zero attached hydrogens (tertiary/aromatic N) is 2. The Bertz CT molecular complexity index is 1190. The maximum atomic E-state index is 12.3. The van der Waals surface area contributed by atoms with E-state index in [1.165, 1.54) is 28.4 Å². The number of hydrogen-bond donors (Lipinski definition) is 3. The lowest BCUT2D eigenvalue weighted by Gasteiger charge is -2.46. The summed E-state index contributed by atoms with van der Waals surface area (Å²) < 4.78 is 5.22. The van der Waals surface area contributed by atoms with Gasteiger partial charge < -0.3 is 20.5 Å². The fraction of sp³-hybridized carbons (Fsp3) is 0.417. The van der Waals surface area contributed by atoms with E-state index >= 15 is 0 Å². The van der Waals surface area contributed by atoms with Crippen molar-refractivity contribution in [2.75, 3.05) is 30.0 Å². The molecule has 1 aromatic heterocycles. The lowest BCUT2D eigenvalue weighted by atomic mass is 10.1. The van der Waals surface area contributed by atoms with E-state index in [4.69, 9.17) is 16.3 Å². The number of nitrogens with one attached hydrogen (secondary N) is 2. The number of unbranched alkanes of at least 4 members (excludes halogenated alkanes) is 1. The highest BCUT2D eigenvalue weighted by atomic mass is 35.5. The van der Waals surface area contributed by atoms with Crippen LogP contribution in [0.4, 0.5) is 10.5 Å². The van der Waals surface area contributed by atoms with Crippen LogP contribution in [0.1, 0.15) is 26.2 Å². The molecule has 0 bridgehead atoms. The lowest BCUT2D eigenvalue weighted by Crippen LogP contribution is -2.57. The van der Waals surface area contributed by atoms with Gasteiger partial charge >= 0.3 is 12.1 Å². The minimum absolute atomic E-state index is 0.0358. The maximum Gasteiger partial charge on any atom is 0.408 e. The van der Waals surface area contributed by atoms with Crippen molar-refractivity contribution in [3.8, 4) is 0 Å². The van der Waals surface area contributed by atoms with Gasteiger partial charge in [-0.05, 0) is 30.7 Å². The van der Waals surface area contributed by atoms with Crippen LogP contribution in [-0.2, 0) is 14.3 Å². The minimum Gasteiger partial charge on any atom is -0.477 e. The van der Waals surface area contributed by atoms with Gasteiger partial charge in [-0.1, -0.05) is 24.9 Å². The van der Waals surface area contributed by atoms with Crippen LogP contribution in [0, 0.1) is 0 Å². The SMILES string of the molecule is CCCCOC(=O)NC1SC2CC(=O)N2C(C(=O)O)=C1CSCCNc1ccnc2cc(Cl)ccc12. The molecule has 36 heavy (non-hydrogen) atoms. The van der Waals surface area contributed by atoms with Gasteiger partial charge in [-0.15, -0.1) is 11.8 Å². The number of thioether (sulfide) groups is 2. The van der Waals surface area contributed by atoms with Gasteiger partial charge in [0.2, 0.25) is 5.91 Å². The van der Waals surface area contributed by atoms with Gasteiger partial charge in [-0.2, -0.15) is 11.8 Å². The molecular weight excluding hydrogens is 524 g/mol. The number of alkyl carbamates (subject to hydrolysis) is 1. The first-order valence-electron chi connectivity index (χ1n) is 11.6. The van der Waals surface area contributed by atoms with E-state index in [0.717, 1.165) is 29.4 Å². The largest absolute Gasteiger partial charge is 0.477 e. The highest BCUT2D eigenvalue weighted by Crippen LogP contribution is 2.44. The first-order valence-corrected chi connectivity index (χ1v) is 14.1. The zero-order chi connectivity index (χ0) is 25.7. The Kier molecular flexibility index (Phi) is 8.86. The number of aliphatic carboxylic acids is 1. The maximum absolute atomic E-state index is 12.3. The Morgan fingerprint density at radius 2 is 2.19 bits per heavy atom. The molecule has 3 N–H and O–H groups in total. The van der Waals surface area contributed by atoms with Crippen molar-refractivity contribution >= 4 is 69.7 Å². The van der Waals surface area contributed by atoms with Crippen LogP contribution in [0.5, 0.6) is 0 Å². The van der Waals surface area contributed by atoms with E-state index in [-0.39, 0.29) is 23.4 Å². The number of carbonyl (C=O) groups is 3. The molecule has 0 spiro atoms. The molecule has 1 saturated heterocycles. The summed E-state index contributed by atoms with van der Waals surface area (Å²) in [4.78, 5) is 42.3. The molecule has 2 aliphatic heterocycles. The van der Waals surface area contributed by atoms with Gasteiger partial charge in [0.15, 0.2) is 0 Å². The van der Waals surface area contributed by atoms with Crippen LogP contribution in [0.3, 0.4) is 0 Å². The molecule has 0 aliphatic carbocycles. The Morgan fingerprint density at radius 3 is 2.94 bits per heavy atom. The molecule has 3 heterocycles. The number of carboxylic acids is 1. The van der Waals surface area contributed by atoms with Gasteiger partial charge in [-0.3, -0.25) is 14.7 Å². The third kappa shape index (κ3) is 6.01. The highest BCUT2D eigenvalue weighted by molar-refractivity contribution is 8.01. The molecule has 2 atom stereocenters. The summed E-state index contributed by atoms with van der Waals surface area (Å²) in [6, 6.07) is 7.43. The average Bonchev–Trinajstić information content (AvgIpc) is 2.83. The second kappa shape index (κ2) is 12.1. The number of carbonyl (C=O) groups excluding carboxylic acids is 2. The van der Waals surface area contributed by atoms with E-state index < -0.39 is 17.4 Å². The molecule has 4 rings (SSSR count). The highest BCUT2D eigenvalue weighted by Gasteiger charge is 2.48. The Labute approximate surface area is 222 Å². The molecule has 2 unspecified atom stereocenters.